The van der Waals surface area contributed by atoms with Crippen LogP contribution in [0.25, 0.3) is 5.82 Å². The van der Waals surface area contributed by atoms with Gasteiger partial charge < -0.3 is 0 Å². The summed E-state index contributed by atoms with van der Waals surface area (Å²) in [5, 5.41) is 12.5. The maximum atomic E-state index is 8.52. The molecule has 0 radical (unpaired) electrons. The molecule has 2 rings (SSSR count). The number of aromatic nitrogens is 4. The third-order valence-electron chi connectivity index (χ3n) is 1.54. The molecule has 2 aromatic rings. The lowest BCUT2D eigenvalue weighted by atomic mass is 10.5. The first kappa shape index (κ1) is 8.84. The second kappa shape index (κ2) is 3.55. The van der Waals surface area contributed by atoms with Crippen molar-refractivity contribution in [3.63, 3.8) is 0 Å². The topological polar surface area (TPSA) is 67.4 Å². The molecule has 0 aromatic carbocycles. The summed E-state index contributed by atoms with van der Waals surface area (Å²) in [6, 6.07) is 1.90. The summed E-state index contributed by atoms with van der Waals surface area (Å²) < 4.78 is 2.43. The number of rotatable bonds is 1. The van der Waals surface area contributed by atoms with Crippen LogP contribution in [0.4, 0.5) is 0 Å². The van der Waals surface area contributed by atoms with Crippen molar-refractivity contribution in [1.29, 1.82) is 5.26 Å². The van der Waals surface area contributed by atoms with E-state index < -0.39 is 0 Å². The van der Waals surface area contributed by atoms with Gasteiger partial charge in [0.15, 0.2) is 11.5 Å². The molecule has 0 amide bonds. The number of nitriles is 1. The Morgan fingerprint density at radius 3 is 2.64 bits per heavy atom. The van der Waals surface area contributed by atoms with Gasteiger partial charge in [0.1, 0.15) is 6.07 Å². The van der Waals surface area contributed by atoms with Crippen molar-refractivity contribution in [3.05, 3.63) is 35.0 Å². The SMILES string of the molecule is N#Cc1cnc(-n2cc(Br)cn2)cn1. The summed E-state index contributed by atoms with van der Waals surface area (Å²) in [7, 11) is 0. The van der Waals surface area contributed by atoms with Crippen molar-refractivity contribution < 1.29 is 0 Å². The van der Waals surface area contributed by atoms with E-state index in [1.54, 1.807) is 17.1 Å². The highest BCUT2D eigenvalue weighted by molar-refractivity contribution is 9.10. The molecule has 0 bridgehead atoms. The van der Waals surface area contributed by atoms with E-state index in [1.807, 2.05) is 6.07 Å². The van der Waals surface area contributed by atoms with Crippen LogP contribution in [-0.4, -0.2) is 19.7 Å². The van der Waals surface area contributed by atoms with Crippen LogP contribution in [0, 0.1) is 11.3 Å². The molecule has 5 nitrogen and oxygen atoms in total. The summed E-state index contributed by atoms with van der Waals surface area (Å²) in [5.41, 5.74) is 0.292. The van der Waals surface area contributed by atoms with Gasteiger partial charge in [-0.2, -0.15) is 10.4 Å². The maximum absolute atomic E-state index is 8.52. The molecule has 14 heavy (non-hydrogen) atoms. The molecular formula is C8H4BrN5. The largest absolute Gasteiger partial charge is 0.240 e. The van der Waals surface area contributed by atoms with Crippen LogP contribution in [0.3, 0.4) is 0 Å². The fourth-order valence-corrected chi connectivity index (χ4v) is 1.21. The van der Waals surface area contributed by atoms with Crippen LogP contribution in [0.15, 0.2) is 29.3 Å². The van der Waals surface area contributed by atoms with Crippen LogP contribution in [-0.2, 0) is 0 Å². The summed E-state index contributed by atoms with van der Waals surface area (Å²) in [4.78, 5) is 7.91. The van der Waals surface area contributed by atoms with Crippen molar-refractivity contribution in [2.75, 3.05) is 0 Å². The zero-order valence-electron chi connectivity index (χ0n) is 6.92. The summed E-state index contributed by atoms with van der Waals surface area (Å²) in [6.07, 6.45) is 6.32. The zero-order chi connectivity index (χ0) is 9.97. The molecular weight excluding hydrogens is 246 g/mol. The molecule has 2 aromatic heterocycles. The molecule has 0 aliphatic rings. The summed E-state index contributed by atoms with van der Waals surface area (Å²) in [5.74, 6) is 0.578. The molecule has 2 heterocycles. The van der Waals surface area contributed by atoms with E-state index >= 15 is 0 Å². The van der Waals surface area contributed by atoms with Crippen LogP contribution in [0.5, 0.6) is 0 Å². The molecule has 0 saturated heterocycles. The predicted molar refractivity (Wildman–Crippen MR) is 51.6 cm³/mol. The first-order valence-corrected chi connectivity index (χ1v) is 4.51. The fourth-order valence-electron chi connectivity index (χ4n) is 0.923. The second-order valence-corrected chi connectivity index (χ2v) is 3.39. The highest BCUT2D eigenvalue weighted by Crippen LogP contribution is 2.09. The maximum Gasteiger partial charge on any atom is 0.171 e. The minimum absolute atomic E-state index is 0.292. The molecule has 0 aliphatic carbocycles. The van der Waals surface area contributed by atoms with Gasteiger partial charge in [0, 0.05) is 6.20 Å². The highest BCUT2D eigenvalue weighted by Gasteiger charge is 2.00. The molecule has 0 saturated carbocycles. The number of hydrogen-bond acceptors (Lipinski definition) is 4. The molecule has 6 heteroatoms. The molecule has 0 spiro atoms. The van der Waals surface area contributed by atoms with Crippen molar-refractivity contribution in [1.82, 2.24) is 19.7 Å². The van der Waals surface area contributed by atoms with Crippen LogP contribution < -0.4 is 0 Å². The minimum Gasteiger partial charge on any atom is -0.240 e. The van der Waals surface area contributed by atoms with Gasteiger partial charge in [-0.1, -0.05) is 0 Å². The Bertz CT molecular complexity index is 481. The number of nitrogens with zero attached hydrogens (tertiary/aromatic N) is 5. The lowest BCUT2D eigenvalue weighted by molar-refractivity contribution is 0.836. The van der Waals surface area contributed by atoms with E-state index in [0.717, 1.165) is 4.47 Å². The first-order valence-electron chi connectivity index (χ1n) is 3.72. The Balaban J connectivity index is 2.39. The van der Waals surface area contributed by atoms with Gasteiger partial charge in [-0.25, -0.2) is 14.6 Å². The van der Waals surface area contributed by atoms with E-state index in [1.165, 1.54) is 12.4 Å². The van der Waals surface area contributed by atoms with E-state index in [-0.39, 0.29) is 0 Å². The average molecular weight is 250 g/mol. The van der Waals surface area contributed by atoms with Crippen molar-refractivity contribution in [2.24, 2.45) is 0 Å². The van der Waals surface area contributed by atoms with Gasteiger partial charge in [0.2, 0.25) is 0 Å². The number of halogens is 1. The molecule has 0 fully saturated rings. The predicted octanol–water partition coefficient (Wildman–Crippen LogP) is 1.30. The van der Waals surface area contributed by atoms with Crippen LogP contribution in [0.1, 0.15) is 5.69 Å². The van der Waals surface area contributed by atoms with Crippen molar-refractivity contribution in [2.45, 2.75) is 0 Å². The Hall–Kier alpha value is -1.74. The Morgan fingerprint density at radius 2 is 2.14 bits per heavy atom. The van der Waals surface area contributed by atoms with Crippen molar-refractivity contribution >= 4 is 15.9 Å². The number of hydrogen-bond donors (Lipinski definition) is 0. The summed E-state index contributed by atoms with van der Waals surface area (Å²) in [6.45, 7) is 0. The monoisotopic (exact) mass is 249 g/mol. The average Bonchev–Trinajstić information content (AvgIpc) is 2.65. The van der Waals surface area contributed by atoms with Crippen molar-refractivity contribution in [3.8, 4) is 11.9 Å². The van der Waals surface area contributed by atoms with Gasteiger partial charge in [-0.3, -0.25) is 0 Å². The fraction of sp³-hybridized carbons (Fsp3) is 0. The Labute approximate surface area is 88.2 Å². The smallest absolute Gasteiger partial charge is 0.171 e. The van der Waals surface area contributed by atoms with Gasteiger partial charge in [-0.15, -0.1) is 0 Å². The molecule has 0 aliphatic heterocycles. The standard InChI is InChI=1S/C8H4BrN5/c9-6-2-13-14(5-6)8-4-11-7(1-10)3-12-8/h2-5H. The lowest BCUT2D eigenvalue weighted by Crippen LogP contribution is -1.99. The third kappa shape index (κ3) is 1.63. The highest BCUT2D eigenvalue weighted by atomic mass is 79.9. The minimum atomic E-state index is 0.292. The second-order valence-electron chi connectivity index (χ2n) is 2.47. The van der Waals surface area contributed by atoms with Gasteiger partial charge >= 0.3 is 0 Å². The van der Waals surface area contributed by atoms with Crippen LogP contribution >= 0.6 is 15.9 Å². The zero-order valence-corrected chi connectivity index (χ0v) is 8.51. The third-order valence-corrected chi connectivity index (χ3v) is 1.95. The van der Waals surface area contributed by atoms with Gasteiger partial charge in [0.25, 0.3) is 0 Å². The van der Waals surface area contributed by atoms with Crippen LogP contribution in [0.2, 0.25) is 0 Å². The first-order chi connectivity index (χ1) is 6.79. The van der Waals surface area contributed by atoms with Gasteiger partial charge in [0.05, 0.1) is 23.1 Å². The van der Waals surface area contributed by atoms with Gasteiger partial charge in [-0.05, 0) is 15.9 Å². The Morgan fingerprint density at radius 1 is 1.29 bits per heavy atom. The van der Waals surface area contributed by atoms with E-state index in [4.69, 9.17) is 5.26 Å². The summed E-state index contributed by atoms with van der Waals surface area (Å²) >= 11 is 3.27. The molecule has 0 unspecified atom stereocenters. The lowest BCUT2D eigenvalue weighted by Gasteiger charge is -1.97. The quantitative estimate of drug-likeness (QED) is 0.764. The van der Waals surface area contributed by atoms with E-state index in [9.17, 15) is 0 Å². The molecule has 0 N–H and O–H groups in total. The van der Waals surface area contributed by atoms with E-state index in [0.29, 0.717) is 11.5 Å². The van der Waals surface area contributed by atoms with E-state index in [2.05, 4.69) is 31.0 Å². The molecule has 68 valence electrons. The normalized spacial score (nSPS) is 9.71. The molecule has 0 atom stereocenters. The Kier molecular flexibility index (Phi) is 2.24.